The van der Waals surface area contributed by atoms with E-state index >= 15 is 0 Å². The van der Waals surface area contributed by atoms with E-state index in [1.165, 1.54) is 35.6 Å². The predicted molar refractivity (Wildman–Crippen MR) is 116 cm³/mol. The third-order valence-electron chi connectivity index (χ3n) is 4.95. The van der Waals surface area contributed by atoms with Crippen LogP contribution in [-0.2, 0) is 9.53 Å². The largest absolute Gasteiger partial charge is 0.484 e. The van der Waals surface area contributed by atoms with Crippen molar-refractivity contribution in [2.45, 2.75) is 6.42 Å². The van der Waals surface area contributed by atoms with Gasteiger partial charge in [0.2, 0.25) is 0 Å². The first-order valence-corrected chi connectivity index (χ1v) is 10.8. The highest BCUT2D eigenvalue weighted by Crippen LogP contribution is 2.29. The molecule has 2 aromatic carbocycles. The number of hydrogen-bond donors (Lipinski definition) is 0. The van der Waals surface area contributed by atoms with Crippen molar-refractivity contribution in [3.63, 3.8) is 0 Å². The van der Waals surface area contributed by atoms with E-state index in [1.54, 1.807) is 4.90 Å². The highest BCUT2D eigenvalue weighted by atomic mass is 32.1. The fraction of sp³-hybridized carbons (Fsp3) is 0.364. The molecule has 2 heterocycles. The Balaban J connectivity index is 1.43. The maximum atomic E-state index is 13.1. The van der Waals surface area contributed by atoms with Gasteiger partial charge in [-0.25, -0.2) is 9.37 Å². The van der Waals surface area contributed by atoms with Crippen molar-refractivity contribution in [2.75, 3.05) is 50.9 Å². The molecule has 0 N–H and O–H groups in total. The summed E-state index contributed by atoms with van der Waals surface area (Å²) in [5, 5.41) is 0.672. The predicted octanol–water partition coefficient (Wildman–Crippen LogP) is 3.57. The van der Waals surface area contributed by atoms with Gasteiger partial charge in [0.25, 0.3) is 5.91 Å². The van der Waals surface area contributed by atoms with Crippen LogP contribution >= 0.6 is 11.3 Å². The minimum Gasteiger partial charge on any atom is -0.484 e. The summed E-state index contributed by atoms with van der Waals surface area (Å²) < 4.78 is 25.1. The van der Waals surface area contributed by atoms with Crippen LogP contribution in [0.2, 0.25) is 0 Å². The monoisotopic (exact) mass is 429 g/mol. The minimum atomic E-state index is -0.340. The lowest BCUT2D eigenvalue weighted by Crippen LogP contribution is -2.40. The number of rotatable bonds is 8. The van der Waals surface area contributed by atoms with Gasteiger partial charge in [-0.05, 0) is 42.8 Å². The number of para-hydroxylation sites is 1. The van der Waals surface area contributed by atoms with Crippen LogP contribution in [0.4, 0.5) is 9.52 Å². The summed E-state index contributed by atoms with van der Waals surface area (Å²) in [5.41, 5.74) is 0.878. The fourth-order valence-corrected chi connectivity index (χ4v) is 4.34. The summed E-state index contributed by atoms with van der Waals surface area (Å²) >= 11 is 1.50. The van der Waals surface area contributed by atoms with Crippen molar-refractivity contribution in [1.82, 2.24) is 9.88 Å². The third-order valence-corrected chi connectivity index (χ3v) is 6.01. The number of carbonyl (C=O) groups excluding carboxylic acids is 1. The van der Waals surface area contributed by atoms with Crippen LogP contribution < -0.4 is 9.64 Å². The Kier molecular flexibility index (Phi) is 6.88. The molecule has 0 unspecified atom stereocenters. The van der Waals surface area contributed by atoms with Gasteiger partial charge < -0.3 is 9.47 Å². The molecule has 1 aromatic heterocycles. The van der Waals surface area contributed by atoms with Crippen molar-refractivity contribution in [3.05, 3.63) is 54.3 Å². The summed E-state index contributed by atoms with van der Waals surface area (Å²) in [6.45, 7) is 4.68. The number of nitrogens with zero attached hydrogens (tertiary/aromatic N) is 3. The SMILES string of the molecule is O=C(COc1ccc(F)cc1)N(CCCN1CCOCC1)c1nc2ccccc2s1. The zero-order chi connectivity index (χ0) is 20.8. The van der Waals surface area contributed by atoms with Crippen LogP contribution in [0.15, 0.2) is 48.5 Å². The van der Waals surface area contributed by atoms with Gasteiger partial charge in [-0.2, -0.15) is 0 Å². The first-order valence-electron chi connectivity index (χ1n) is 10.0. The second kappa shape index (κ2) is 9.97. The Morgan fingerprint density at radius 2 is 1.93 bits per heavy atom. The smallest absolute Gasteiger partial charge is 0.266 e. The van der Waals surface area contributed by atoms with Crippen molar-refractivity contribution in [2.24, 2.45) is 0 Å². The van der Waals surface area contributed by atoms with Crippen LogP contribution in [0.1, 0.15) is 6.42 Å². The Bertz CT molecular complexity index is 940. The molecule has 8 heteroatoms. The average Bonchev–Trinajstić information content (AvgIpc) is 3.20. The Hall–Kier alpha value is -2.55. The van der Waals surface area contributed by atoms with Gasteiger partial charge in [0.15, 0.2) is 11.7 Å². The maximum Gasteiger partial charge on any atom is 0.266 e. The van der Waals surface area contributed by atoms with Crippen molar-refractivity contribution in [3.8, 4) is 5.75 Å². The van der Waals surface area contributed by atoms with Gasteiger partial charge in [0.1, 0.15) is 11.6 Å². The van der Waals surface area contributed by atoms with E-state index in [2.05, 4.69) is 9.88 Å². The van der Waals surface area contributed by atoms with Crippen LogP contribution in [-0.4, -0.2) is 61.8 Å². The van der Waals surface area contributed by atoms with Gasteiger partial charge >= 0.3 is 0 Å². The van der Waals surface area contributed by atoms with Crippen LogP contribution in [0.3, 0.4) is 0 Å². The Labute approximate surface area is 178 Å². The highest BCUT2D eigenvalue weighted by molar-refractivity contribution is 7.22. The fourth-order valence-electron chi connectivity index (χ4n) is 3.33. The standard InChI is InChI=1S/C22H24FN3O3S/c23-17-6-8-18(9-7-17)29-16-21(27)26(11-3-10-25-12-14-28-15-13-25)22-24-19-4-1-2-5-20(19)30-22/h1-2,4-9H,3,10-16H2. The molecule has 1 fully saturated rings. The van der Waals surface area contributed by atoms with Gasteiger partial charge in [0.05, 0.1) is 23.4 Å². The summed E-state index contributed by atoms with van der Waals surface area (Å²) in [6.07, 6.45) is 0.832. The van der Waals surface area contributed by atoms with E-state index in [9.17, 15) is 9.18 Å². The molecule has 0 radical (unpaired) electrons. The molecule has 6 nitrogen and oxygen atoms in total. The minimum absolute atomic E-state index is 0.126. The number of carbonyl (C=O) groups is 1. The van der Waals surface area contributed by atoms with E-state index in [-0.39, 0.29) is 18.3 Å². The van der Waals surface area contributed by atoms with Crippen molar-refractivity contribution < 1.29 is 18.7 Å². The van der Waals surface area contributed by atoms with Crippen LogP contribution in [0.5, 0.6) is 5.75 Å². The zero-order valence-electron chi connectivity index (χ0n) is 16.6. The Morgan fingerprint density at radius 1 is 1.17 bits per heavy atom. The van der Waals surface area contributed by atoms with Gasteiger partial charge in [-0.1, -0.05) is 23.5 Å². The summed E-state index contributed by atoms with van der Waals surface area (Å²) in [7, 11) is 0. The molecule has 0 spiro atoms. The molecule has 1 aliphatic rings. The lowest BCUT2D eigenvalue weighted by atomic mass is 10.3. The van der Waals surface area contributed by atoms with Crippen LogP contribution in [0.25, 0.3) is 10.2 Å². The second-order valence-electron chi connectivity index (χ2n) is 7.06. The van der Waals surface area contributed by atoms with E-state index in [1.807, 2.05) is 24.3 Å². The van der Waals surface area contributed by atoms with E-state index in [4.69, 9.17) is 9.47 Å². The van der Waals surface area contributed by atoms with Gasteiger partial charge in [-0.15, -0.1) is 0 Å². The van der Waals surface area contributed by atoms with Gasteiger partial charge in [0, 0.05) is 26.2 Å². The number of anilines is 1. The maximum absolute atomic E-state index is 13.1. The zero-order valence-corrected chi connectivity index (χ0v) is 17.4. The molecule has 1 aliphatic heterocycles. The Morgan fingerprint density at radius 3 is 2.70 bits per heavy atom. The first-order chi connectivity index (χ1) is 14.7. The average molecular weight is 430 g/mol. The molecule has 0 atom stereocenters. The number of aromatic nitrogens is 1. The number of morpholine rings is 1. The molecule has 0 bridgehead atoms. The highest BCUT2D eigenvalue weighted by Gasteiger charge is 2.21. The molecule has 30 heavy (non-hydrogen) atoms. The number of amides is 1. The first kappa shape index (κ1) is 20.7. The third kappa shape index (κ3) is 5.33. The molecular weight excluding hydrogens is 405 g/mol. The topological polar surface area (TPSA) is 54.9 Å². The summed E-state index contributed by atoms with van der Waals surface area (Å²) in [4.78, 5) is 21.7. The lowest BCUT2D eigenvalue weighted by Gasteiger charge is -2.27. The number of ether oxygens (including phenoxy) is 2. The molecule has 4 rings (SSSR count). The van der Waals surface area contributed by atoms with Gasteiger partial charge in [-0.3, -0.25) is 14.6 Å². The normalized spacial score (nSPS) is 14.7. The number of thiazole rings is 1. The second-order valence-corrected chi connectivity index (χ2v) is 8.07. The number of benzene rings is 2. The van der Waals surface area contributed by atoms with E-state index in [0.717, 1.165) is 49.5 Å². The molecule has 3 aromatic rings. The van der Waals surface area contributed by atoms with E-state index in [0.29, 0.717) is 17.4 Å². The summed E-state index contributed by atoms with van der Waals surface area (Å²) in [5.74, 6) is -0.0458. The number of fused-ring (bicyclic) bond motifs is 1. The quantitative estimate of drug-likeness (QED) is 0.548. The lowest BCUT2D eigenvalue weighted by molar-refractivity contribution is -0.120. The molecule has 1 saturated heterocycles. The van der Waals surface area contributed by atoms with Crippen molar-refractivity contribution in [1.29, 1.82) is 0 Å². The van der Waals surface area contributed by atoms with Crippen LogP contribution in [0, 0.1) is 5.82 Å². The van der Waals surface area contributed by atoms with Crippen molar-refractivity contribution >= 4 is 32.6 Å². The molecular formula is C22H24FN3O3S. The molecule has 0 aliphatic carbocycles. The van der Waals surface area contributed by atoms with E-state index < -0.39 is 0 Å². The molecule has 1 amide bonds. The number of hydrogen-bond acceptors (Lipinski definition) is 6. The number of halogens is 1. The molecule has 0 saturated carbocycles. The summed E-state index contributed by atoms with van der Waals surface area (Å²) in [6, 6.07) is 13.5. The molecule has 158 valence electrons.